The molecule has 0 N–H and O–H groups in total. The van der Waals surface area contributed by atoms with Gasteiger partial charge in [0, 0.05) is 43.3 Å². The molecular weight excluding hydrogens is 363 g/mol. The van der Waals surface area contributed by atoms with Gasteiger partial charge >= 0.3 is 6.18 Å². The molecule has 1 aliphatic heterocycles. The van der Waals surface area contributed by atoms with E-state index >= 15 is 0 Å². The monoisotopic (exact) mass is 381 g/mol. The molecule has 0 amide bonds. The molecule has 1 heterocycles. The molecular formula is C19H19ClF3N3. The van der Waals surface area contributed by atoms with Crippen LogP contribution in [-0.2, 0) is 12.7 Å². The third-order valence-corrected chi connectivity index (χ3v) is 4.70. The number of nitrogens with zero attached hydrogens (tertiary/aromatic N) is 3. The molecule has 7 heteroatoms. The van der Waals surface area contributed by atoms with E-state index in [9.17, 15) is 13.2 Å². The Labute approximate surface area is 155 Å². The quantitative estimate of drug-likeness (QED) is 0.726. The molecule has 26 heavy (non-hydrogen) atoms. The second-order valence-corrected chi connectivity index (χ2v) is 6.56. The summed E-state index contributed by atoms with van der Waals surface area (Å²) in [6, 6.07) is 13.2. The van der Waals surface area contributed by atoms with Crippen molar-refractivity contribution >= 4 is 17.8 Å². The molecule has 1 aliphatic rings. The fraction of sp³-hybridized carbons (Fsp3) is 0.316. The number of piperazine rings is 1. The molecule has 2 aromatic carbocycles. The lowest BCUT2D eigenvalue weighted by Gasteiger charge is -2.33. The Morgan fingerprint density at radius 3 is 2.31 bits per heavy atom. The second-order valence-electron chi connectivity index (χ2n) is 6.15. The summed E-state index contributed by atoms with van der Waals surface area (Å²) in [5.41, 5.74) is 0.491. The van der Waals surface area contributed by atoms with E-state index < -0.39 is 11.7 Å². The average Bonchev–Trinajstić information content (AvgIpc) is 2.62. The first-order valence-corrected chi connectivity index (χ1v) is 8.72. The lowest BCUT2D eigenvalue weighted by molar-refractivity contribution is -0.137. The summed E-state index contributed by atoms with van der Waals surface area (Å²) in [4.78, 5) is 2.26. The summed E-state index contributed by atoms with van der Waals surface area (Å²) < 4.78 is 39.0. The highest BCUT2D eigenvalue weighted by atomic mass is 35.5. The number of alkyl halides is 3. The SMILES string of the molecule is FC(F)(F)c1ccccc1/C=N/N1CCN(Cc2ccccc2Cl)CC1. The number of benzene rings is 2. The van der Waals surface area contributed by atoms with Crippen LogP contribution in [0.5, 0.6) is 0 Å². The predicted molar refractivity (Wildman–Crippen MR) is 97.3 cm³/mol. The van der Waals surface area contributed by atoms with Crippen LogP contribution in [0.4, 0.5) is 13.2 Å². The molecule has 0 radical (unpaired) electrons. The van der Waals surface area contributed by atoms with Crippen LogP contribution in [0.15, 0.2) is 53.6 Å². The summed E-state index contributed by atoms with van der Waals surface area (Å²) in [6.07, 6.45) is -3.08. The molecule has 0 aromatic heterocycles. The largest absolute Gasteiger partial charge is 0.417 e. The maximum absolute atomic E-state index is 13.0. The van der Waals surface area contributed by atoms with E-state index in [1.165, 1.54) is 18.3 Å². The molecule has 2 aromatic rings. The van der Waals surface area contributed by atoms with Crippen molar-refractivity contribution in [2.45, 2.75) is 12.7 Å². The highest BCUT2D eigenvalue weighted by molar-refractivity contribution is 6.31. The van der Waals surface area contributed by atoms with Crippen molar-refractivity contribution in [1.82, 2.24) is 9.91 Å². The molecule has 1 fully saturated rings. The lowest BCUT2D eigenvalue weighted by atomic mass is 10.1. The molecule has 0 saturated carbocycles. The van der Waals surface area contributed by atoms with Crippen molar-refractivity contribution in [2.24, 2.45) is 5.10 Å². The molecule has 0 aliphatic carbocycles. The van der Waals surface area contributed by atoms with E-state index in [0.717, 1.165) is 36.3 Å². The summed E-state index contributed by atoms with van der Waals surface area (Å²) >= 11 is 6.19. The number of halogens is 4. The van der Waals surface area contributed by atoms with Gasteiger partial charge in [-0.2, -0.15) is 18.3 Å². The molecule has 3 rings (SSSR count). The van der Waals surface area contributed by atoms with E-state index in [2.05, 4.69) is 10.0 Å². The van der Waals surface area contributed by atoms with Gasteiger partial charge in [-0.1, -0.05) is 48.0 Å². The molecule has 0 bridgehead atoms. The molecule has 138 valence electrons. The highest BCUT2D eigenvalue weighted by Crippen LogP contribution is 2.31. The zero-order valence-corrected chi connectivity index (χ0v) is 14.8. The van der Waals surface area contributed by atoms with Crippen LogP contribution in [0.3, 0.4) is 0 Å². The second kappa shape index (κ2) is 8.10. The zero-order valence-electron chi connectivity index (χ0n) is 14.1. The Morgan fingerprint density at radius 1 is 0.962 bits per heavy atom. The Balaban J connectivity index is 1.58. The van der Waals surface area contributed by atoms with E-state index in [-0.39, 0.29) is 5.56 Å². The first-order chi connectivity index (χ1) is 12.4. The lowest BCUT2D eigenvalue weighted by Crippen LogP contribution is -2.43. The molecule has 0 spiro atoms. The number of rotatable bonds is 4. The van der Waals surface area contributed by atoms with Crippen molar-refractivity contribution in [3.8, 4) is 0 Å². The van der Waals surface area contributed by atoms with Crippen LogP contribution in [0.25, 0.3) is 0 Å². The number of hydrogen-bond acceptors (Lipinski definition) is 3. The van der Waals surface area contributed by atoms with Gasteiger partial charge in [-0.3, -0.25) is 9.91 Å². The van der Waals surface area contributed by atoms with Gasteiger partial charge in [-0.05, 0) is 17.7 Å². The normalized spacial score (nSPS) is 16.4. The Hall–Kier alpha value is -2.05. The third kappa shape index (κ3) is 4.77. The maximum Gasteiger partial charge on any atom is 0.417 e. The Kier molecular flexibility index (Phi) is 5.84. The van der Waals surface area contributed by atoms with Crippen LogP contribution in [0, 0.1) is 0 Å². The van der Waals surface area contributed by atoms with Gasteiger partial charge < -0.3 is 0 Å². The van der Waals surface area contributed by atoms with Crippen LogP contribution >= 0.6 is 11.6 Å². The average molecular weight is 382 g/mol. The molecule has 0 unspecified atom stereocenters. The topological polar surface area (TPSA) is 18.8 Å². The van der Waals surface area contributed by atoms with Gasteiger partial charge in [0.2, 0.25) is 0 Å². The van der Waals surface area contributed by atoms with Crippen LogP contribution in [0.1, 0.15) is 16.7 Å². The summed E-state index contributed by atoms with van der Waals surface area (Å²) in [5.74, 6) is 0. The van der Waals surface area contributed by atoms with Gasteiger partial charge in [-0.15, -0.1) is 0 Å². The fourth-order valence-electron chi connectivity index (χ4n) is 2.89. The molecule has 0 atom stereocenters. The Bertz CT molecular complexity index is 769. The Morgan fingerprint density at radius 2 is 1.62 bits per heavy atom. The van der Waals surface area contributed by atoms with Gasteiger partial charge in [0.05, 0.1) is 11.8 Å². The van der Waals surface area contributed by atoms with E-state index in [1.54, 1.807) is 11.1 Å². The van der Waals surface area contributed by atoms with Crippen molar-refractivity contribution in [3.05, 3.63) is 70.2 Å². The standard InChI is InChI=1S/C19H19ClF3N3/c20-18-8-4-2-6-16(18)14-25-9-11-26(12-10-25)24-13-15-5-1-3-7-17(15)19(21,22)23/h1-8,13H,9-12,14H2/b24-13+. The minimum Gasteiger partial charge on any atom is -0.295 e. The van der Waals surface area contributed by atoms with Crippen molar-refractivity contribution in [3.63, 3.8) is 0 Å². The van der Waals surface area contributed by atoms with Crippen LogP contribution in [-0.4, -0.2) is 42.3 Å². The maximum atomic E-state index is 13.0. The van der Waals surface area contributed by atoms with Gasteiger partial charge in [0.1, 0.15) is 0 Å². The molecule has 1 saturated heterocycles. The van der Waals surface area contributed by atoms with E-state index in [0.29, 0.717) is 13.1 Å². The number of hydrazone groups is 1. The van der Waals surface area contributed by atoms with Crippen LogP contribution in [0.2, 0.25) is 5.02 Å². The summed E-state index contributed by atoms with van der Waals surface area (Å²) in [5, 5.41) is 6.79. The minimum absolute atomic E-state index is 0.0819. The zero-order chi connectivity index (χ0) is 18.6. The van der Waals surface area contributed by atoms with Crippen molar-refractivity contribution in [2.75, 3.05) is 26.2 Å². The van der Waals surface area contributed by atoms with Crippen molar-refractivity contribution < 1.29 is 13.2 Å². The predicted octanol–water partition coefficient (Wildman–Crippen LogP) is 4.51. The first kappa shape index (κ1) is 18.7. The van der Waals surface area contributed by atoms with Gasteiger partial charge in [0.25, 0.3) is 0 Å². The fourth-order valence-corrected chi connectivity index (χ4v) is 3.09. The van der Waals surface area contributed by atoms with Crippen LogP contribution < -0.4 is 0 Å². The van der Waals surface area contributed by atoms with Gasteiger partial charge in [0.15, 0.2) is 0 Å². The number of hydrogen-bond donors (Lipinski definition) is 0. The minimum atomic E-state index is -4.38. The highest BCUT2D eigenvalue weighted by Gasteiger charge is 2.32. The van der Waals surface area contributed by atoms with E-state index in [1.807, 2.05) is 24.3 Å². The van der Waals surface area contributed by atoms with Gasteiger partial charge in [-0.25, -0.2) is 0 Å². The molecule has 3 nitrogen and oxygen atoms in total. The van der Waals surface area contributed by atoms with E-state index in [4.69, 9.17) is 11.6 Å². The smallest absolute Gasteiger partial charge is 0.295 e. The summed E-state index contributed by atoms with van der Waals surface area (Å²) in [6.45, 7) is 3.64. The third-order valence-electron chi connectivity index (χ3n) is 4.33. The van der Waals surface area contributed by atoms with Crippen molar-refractivity contribution in [1.29, 1.82) is 0 Å². The first-order valence-electron chi connectivity index (χ1n) is 8.34. The summed E-state index contributed by atoms with van der Waals surface area (Å²) in [7, 11) is 0.